The number of aryl methyl sites for hydroxylation is 1. The van der Waals surface area contributed by atoms with Crippen molar-refractivity contribution in [3.63, 3.8) is 0 Å². The second kappa shape index (κ2) is 9.85. The van der Waals surface area contributed by atoms with E-state index in [1.807, 2.05) is 59.2 Å². The monoisotopic (exact) mass is 398 g/mol. The Hall–Kier alpha value is -2.93. The predicted octanol–water partition coefficient (Wildman–Crippen LogP) is 3.55. The molecular weight excluding hydrogens is 376 g/mol. The number of carbonyl (C=O) groups excluding carboxylic acids is 2. The van der Waals surface area contributed by atoms with Crippen molar-refractivity contribution in [2.45, 2.75) is 26.3 Å². The van der Waals surface area contributed by atoms with Gasteiger partial charge < -0.3 is 14.0 Å². The lowest BCUT2D eigenvalue weighted by molar-refractivity contribution is -0.143. The average Bonchev–Trinajstić information content (AvgIpc) is 3.04. The molecule has 3 rings (SSSR count). The number of carbonyl (C=O) groups is 2. The molecule has 28 heavy (non-hydrogen) atoms. The van der Waals surface area contributed by atoms with Crippen LogP contribution >= 0.6 is 11.3 Å². The summed E-state index contributed by atoms with van der Waals surface area (Å²) in [5, 5.41) is 0. The Morgan fingerprint density at radius 1 is 1.04 bits per heavy atom. The van der Waals surface area contributed by atoms with E-state index in [0.29, 0.717) is 18.0 Å². The summed E-state index contributed by atoms with van der Waals surface area (Å²) in [6.45, 7) is 2.81. The fourth-order valence-corrected chi connectivity index (χ4v) is 3.77. The van der Waals surface area contributed by atoms with Gasteiger partial charge in [-0.15, -0.1) is 0 Å². The van der Waals surface area contributed by atoms with Crippen molar-refractivity contribution in [1.82, 2.24) is 4.57 Å². The van der Waals surface area contributed by atoms with E-state index in [9.17, 15) is 9.59 Å². The highest BCUT2D eigenvalue weighted by atomic mass is 32.1. The zero-order chi connectivity index (χ0) is 19.8. The Balaban J connectivity index is 1.73. The van der Waals surface area contributed by atoms with E-state index in [-0.39, 0.29) is 31.3 Å². The summed E-state index contributed by atoms with van der Waals surface area (Å²) in [5.41, 5.74) is 0.948. The van der Waals surface area contributed by atoms with E-state index in [1.165, 1.54) is 11.3 Å². The highest BCUT2D eigenvalue weighted by molar-refractivity contribution is 7.16. The summed E-state index contributed by atoms with van der Waals surface area (Å²) in [6.07, 6.45) is 0.411. The molecule has 0 saturated carbocycles. The molecule has 0 saturated heterocycles. The van der Waals surface area contributed by atoms with Crippen LogP contribution in [0.15, 0.2) is 59.6 Å². The van der Waals surface area contributed by atoms with E-state index in [2.05, 4.69) is 4.99 Å². The van der Waals surface area contributed by atoms with Gasteiger partial charge in [0, 0.05) is 6.54 Å². The lowest BCUT2D eigenvalue weighted by Gasteiger charge is -2.05. The van der Waals surface area contributed by atoms with Gasteiger partial charge >= 0.3 is 5.97 Å². The molecule has 0 radical (unpaired) electrons. The van der Waals surface area contributed by atoms with Gasteiger partial charge in [0.2, 0.25) is 0 Å². The highest BCUT2D eigenvalue weighted by Gasteiger charge is 2.10. The Morgan fingerprint density at radius 2 is 1.79 bits per heavy atom. The molecule has 3 aromatic rings. The lowest BCUT2D eigenvalue weighted by atomic mass is 10.3. The quantitative estimate of drug-likeness (QED) is 0.544. The van der Waals surface area contributed by atoms with Crippen molar-refractivity contribution in [3.8, 4) is 5.75 Å². The number of ether oxygens (including phenoxy) is 2. The summed E-state index contributed by atoms with van der Waals surface area (Å²) >= 11 is 1.43. The summed E-state index contributed by atoms with van der Waals surface area (Å²) < 4.78 is 13.5. The van der Waals surface area contributed by atoms with Crippen LogP contribution in [0.1, 0.15) is 19.8 Å². The Labute approximate surface area is 167 Å². The van der Waals surface area contributed by atoms with Crippen molar-refractivity contribution in [1.29, 1.82) is 0 Å². The first-order chi connectivity index (χ1) is 13.7. The largest absolute Gasteiger partial charge is 0.493 e. The van der Waals surface area contributed by atoms with Crippen molar-refractivity contribution < 1.29 is 19.1 Å². The second-order valence-corrected chi connectivity index (χ2v) is 6.99. The first-order valence-corrected chi connectivity index (χ1v) is 9.98. The third-order valence-electron chi connectivity index (χ3n) is 3.98. The van der Waals surface area contributed by atoms with E-state index in [4.69, 9.17) is 9.47 Å². The number of aromatic nitrogens is 1. The van der Waals surface area contributed by atoms with Gasteiger partial charge in [-0.1, -0.05) is 41.7 Å². The van der Waals surface area contributed by atoms with E-state index in [1.54, 1.807) is 6.92 Å². The summed E-state index contributed by atoms with van der Waals surface area (Å²) in [6, 6.07) is 17.2. The molecule has 0 atom stereocenters. The normalized spacial score (nSPS) is 11.5. The smallest absolute Gasteiger partial charge is 0.307 e. The van der Waals surface area contributed by atoms with Crippen LogP contribution in [0.4, 0.5) is 0 Å². The number of benzene rings is 2. The van der Waals surface area contributed by atoms with Gasteiger partial charge in [0.05, 0.1) is 36.3 Å². The maximum Gasteiger partial charge on any atom is 0.307 e. The average molecular weight is 398 g/mol. The predicted molar refractivity (Wildman–Crippen MR) is 108 cm³/mol. The zero-order valence-electron chi connectivity index (χ0n) is 15.7. The molecule has 146 valence electrons. The number of rotatable bonds is 8. The number of amides is 1. The number of esters is 1. The minimum absolute atomic E-state index is 0.182. The Morgan fingerprint density at radius 3 is 2.57 bits per heavy atom. The molecule has 2 aromatic carbocycles. The van der Waals surface area contributed by atoms with Gasteiger partial charge in [-0.25, -0.2) is 0 Å². The van der Waals surface area contributed by atoms with Crippen molar-refractivity contribution >= 4 is 33.4 Å². The highest BCUT2D eigenvalue weighted by Crippen LogP contribution is 2.17. The SMILES string of the molecule is CCOC(=O)CCn1c(=NC(=O)CCOc2ccccc2)sc2ccccc21. The standard InChI is InChI=1S/C21H22N2O4S/c1-2-26-20(25)12-14-23-17-10-6-7-11-18(17)28-21(23)22-19(24)13-15-27-16-8-4-3-5-9-16/h3-11H,2,12-15H2,1H3. The first-order valence-electron chi connectivity index (χ1n) is 9.16. The van der Waals surface area contributed by atoms with Crippen LogP contribution in [0.2, 0.25) is 0 Å². The number of fused-ring (bicyclic) bond motifs is 1. The Bertz CT molecular complexity index is 1010. The lowest BCUT2D eigenvalue weighted by Crippen LogP contribution is -2.20. The minimum atomic E-state index is -0.265. The minimum Gasteiger partial charge on any atom is -0.493 e. The van der Waals surface area contributed by atoms with Gasteiger partial charge in [0.15, 0.2) is 4.80 Å². The molecule has 0 fully saturated rings. The van der Waals surface area contributed by atoms with E-state index < -0.39 is 0 Å². The van der Waals surface area contributed by atoms with Crippen molar-refractivity contribution in [2.24, 2.45) is 4.99 Å². The molecule has 1 heterocycles. The third-order valence-corrected chi connectivity index (χ3v) is 5.04. The van der Waals surface area contributed by atoms with Gasteiger partial charge in [-0.05, 0) is 31.2 Å². The number of hydrogen-bond acceptors (Lipinski definition) is 5. The fraction of sp³-hybridized carbons (Fsp3) is 0.286. The van der Waals surface area contributed by atoms with Crippen LogP contribution in [0.3, 0.4) is 0 Å². The number of para-hydroxylation sites is 2. The van der Waals surface area contributed by atoms with Gasteiger partial charge in [-0.2, -0.15) is 4.99 Å². The maximum atomic E-state index is 12.3. The van der Waals surface area contributed by atoms with Crippen molar-refractivity contribution in [2.75, 3.05) is 13.2 Å². The van der Waals surface area contributed by atoms with Gasteiger partial charge in [0.25, 0.3) is 5.91 Å². The molecule has 0 bridgehead atoms. The second-order valence-electron chi connectivity index (χ2n) is 5.98. The van der Waals surface area contributed by atoms with Crippen LogP contribution in [0, 0.1) is 0 Å². The van der Waals surface area contributed by atoms with Crippen LogP contribution in [0.25, 0.3) is 10.2 Å². The summed E-state index contributed by atoms with van der Waals surface area (Å²) in [5.74, 6) is 0.202. The van der Waals surface area contributed by atoms with E-state index in [0.717, 1.165) is 16.0 Å². The zero-order valence-corrected chi connectivity index (χ0v) is 16.5. The van der Waals surface area contributed by atoms with Crippen LogP contribution in [-0.4, -0.2) is 29.7 Å². The molecule has 0 unspecified atom stereocenters. The molecule has 0 aliphatic rings. The number of nitrogens with zero attached hydrogens (tertiary/aromatic N) is 2. The molecule has 0 N–H and O–H groups in total. The topological polar surface area (TPSA) is 69.9 Å². The van der Waals surface area contributed by atoms with Crippen LogP contribution in [0.5, 0.6) is 5.75 Å². The number of thiazole rings is 1. The molecule has 0 aliphatic heterocycles. The molecule has 1 aromatic heterocycles. The summed E-state index contributed by atoms with van der Waals surface area (Å²) in [4.78, 5) is 28.9. The molecule has 7 heteroatoms. The fourth-order valence-electron chi connectivity index (χ4n) is 2.69. The first kappa shape index (κ1) is 19.8. The van der Waals surface area contributed by atoms with Crippen LogP contribution in [-0.2, 0) is 20.9 Å². The van der Waals surface area contributed by atoms with E-state index >= 15 is 0 Å². The summed E-state index contributed by atoms with van der Waals surface area (Å²) in [7, 11) is 0. The Kier molecular flexibility index (Phi) is 6.97. The van der Waals surface area contributed by atoms with Gasteiger partial charge in [-0.3, -0.25) is 9.59 Å². The maximum absolute atomic E-state index is 12.3. The number of hydrogen-bond donors (Lipinski definition) is 0. The third kappa shape index (κ3) is 5.29. The molecule has 6 nitrogen and oxygen atoms in total. The molecular formula is C21H22N2O4S. The van der Waals surface area contributed by atoms with Crippen LogP contribution < -0.4 is 9.54 Å². The molecule has 0 aliphatic carbocycles. The van der Waals surface area contributed by atoms with Crippen molar-refractivity contribution in [3.05, 3.63) is 59.4 Å². The van der Waals surface area contributed by atoms with Gasteiger partial charge in [0.1, 0.15) is 5.75 Å². The molecule has 1 amide bonds. The molecule has 0 spiro atoms.